The van der Waals surface area contributed by atoms with Crippen molar-refractivity contribution in [3.05, 3.63) is 17.1 Å². The van der Waals surface area contributed by atoms with E-state index in [1.54, 1.807) is 6.92 Å². The number of nitrogens with two attached hydrogens (primary N) is 1. The Bertz CT molecular complexity index is 487. The van der Waals surface area contributed by atoms with E-state index in [9.17, 15) is 4.79 Å². The standard InChI is InChI=1S/C13H19N3O2S2/c1-4-8-10(20-6-5-19-8)12-15-7(2)9(11(14)16-12)13(17)18-3/h8,10H,4-6H2,1-3H3,(H2,14,15,16). The highest BCUT2D eigenvalue weighted by Crippen LogP contribution is 2.43. The zero-order chi connectivity index (χ0) is 14.7. The molecule has 0 spiro atoms. The largest absolute Gasteiger partial charge is 0.465 e. The van der Waals surface area contributed by atoms with E-state index in [2.05, 4.69) is 16.9 Å². The van der Waals surface area contributed by atoms with Crippen LogP contribution in [0.3, 0.4) is 0 Å². The van der Waals surface area contributed by atoms with E-state index in [1.165, 1.54) is 7.11 Å². The first-order valence-corrected chi connectivity index (χ1v) is 8.63. The van der Waals surface area contributed by atoms with E-state index in [0.29, 0.717) is 10.9 Å². The summed E-state index contributed by atoms with van der Waals surface area (Å²) in [7, 11) is 1.33. The molecule has 5 nitrogen and oxygen atoms in total. The molecule has 110 valence electrons. The molecule has 0 amide bonds. The maximum absolute atomic E-state index is 11.7. The van der Waals surface area contributed by atoms with Crippen molar-refractivity contribution in [1.82, 2.24) is 9.97 Å². The van der Waals surface area contributed by atoms with E-state index < -0.39 is 5.97 Å². The Morgan fingerprint density at radius 3 is 2.70 bits per heavy atom. The van der Waals surface area contributed by atoms with Crippen molar-refractivity contribution in [3.63, 3.8) is 0 Å². The number of aryl methyl sites for hydroxylation is 1. The molecule has 20 heavy (non-hydrogen) atoms. The molecule has 1 aliphatic heterocycles. The third-order valence-corrected chi connectivity index (χ3v) is 6.47. The molecule has 2 unspecified atom stereocenters. The fourth-order valence-corrected chi connectivity index (χ4v) is 5.23. The quantitative estimate of drug-likeness (QED) is 0.859. The monoisotopic (exact) mass is 313 g/mol. The highest BCUT2D eigenvalue weighted by atomic mass is 32.2. The number of thioether (sulfide) groups is 2. The number of nitrogens with zero attached hydrogens (tertiary/aromatic N) is 2. The van der Waals surface area contributed by atoms with Crippen molar-refractivity contribution in [2.24, 2.45) is 0 Å². The predicted molar refractivity (Wildman–Crippen MR) is 84.3 cm³/mol. The maximum Gasteiger partial charge on any atom is 0.343 e. The lowest BCUT2D eigenvalue weighted by molar-refractivity contribution is 0.0600. The summed E-state index contributed by atoms with van der Waals surface area (Å²) in [5.74, 6) is 2.72. The van der Waals surface area contributed by atoms with Gasteiger partial charge in [0.05, 0.1) is 18.1 Å². The second kappa shape index (κ2) is 6.67. The summed E-state index contributed by atoms with van der Waals surface area (Å²) >= 11 is 3.83. The topological polar surface area (TPSA) is 78.1 Å². The maximum atomic E-state index is 11.7. The van der Waals surface area contributed by atoms with Gasteiger partial charge in [-0.05, 0) is 13.3 Å². The third-order valence-electron chi connectivity index (χ3n) is 3.23. The first kappa shape index (κ1) is 15.4. The molecule has 0 radical (unpaired) electrons. The van der Waals surface area contributed by atoms with Crippen LogP contribution in [0.15, 0.2) is 0 Å². The minimum atomic E-state index is -0.482. The molecule has 2 N–H and O–H groups in total. The second-order valence-corrected chi connectivity index (χ2v) is 7.12. The van der Waals surface area contributed by atoms with E-state index in [0.717, 1.165) is 23.8 Å². The van der Waals surface area contributed by atoms with Gasteiger partial charge in [-0.2, -0.15) is 11.8 Å². The molecule has 0 aliphatic carbocycles. The fourth-order valence-electron chi connectivity index (χ4n) is 2.24. The van der Waals surface area contributed by atoms with Gasteiger partial charge in [0.2, 0.25) is 0 Å². The molecule has 1 aromatic rings. The Morgan fingerprint density at radius 2 is 2.10 bits per heavy atom. The highest BCUT2D eigenvalue weighted by Gasteiger charge is 2.30. The van der Waals surface area contributed by atoms with Gasteiger partial charge in [-0.25, -0.2) is 14.8 Å². The van der Waals surface area contributed by atoms with E-state index in [4.69, 9.17) is 10.5 Å². The van der Waals surface area contributed by atoms with Gasteiger partial charge in [0.15, 0.2) is 0 Å². The summed E-state index contributed by atoms with van der Waals surface area (Å²) in [6, 6.07) is 0. The number of hydrogen-bond acceptors (Lipinski definition) is 7. The van der Waals surface area contributed by atoms with Gasteiger partial charge in [-0.3, -0.25) is 0 Å². The predicted octanol–water partition coefficient (Wildman–Crippen LogP) is 2.45. The molecular weight excluding hydrogens is 294 g/mol. The first-order chi connectivity index (χ1) is 9.58. The van der Waals surface area contributed by atoms with Crippen molar-refractivity contribution in [1.29, 1.82) is 0 Å². The first-order valence-electron chi connectivity index (χ1n) is 6.54. The van der Waals surface area contributed by atoms with Crippen LogP contribution in [0, 0.1) is 6.92 Å². The zero-order valence-electron chi connectivity index (χ0n) is 11.9. The number of anilines is 1. The minimum absolute atomic E-state index is 0.213. The molecule has 0 bridgehead atoms. The number of nitrogen functional groups attached to an aromatic ring is 1. The Balaban J connectivity index is 2.36. The average molecular weight is 313 g/mol. The van der Waals surface area contributed by atoms with Crippen molar-refractivity contribution in [2.75, 3.05) is 24.3 Å². The summed E-state index contributed by atoms with van der Waals surface area (Å²) in [5.41, 5.74) is 6.79. The van der Waals surface area contributed by atoms with Crippen molar-refractivity contribution in [2.45, 2.75) is 30.8 Å². The van der Waals surface area contributed by atoms with E-state index in [-0.39, 0.29) is 16.6 Å². The highest BCUT2D eigenvalue weighted by molar-refractivity contribution is 8.06. The van der Waals surface area contributed by atoms with Crippen LogP contribution in [0.5, 0.6) is 0 Å². The molecule has 0 saturated carbocycles. The van der Waals surface area contributed by atoms with Crippen LogP contribution in [0.1, 0.15) is 40.5 Å². The van der Waals surface area contributed by atoms with Crippen LogP contribution < -0.4 is 5.73 Å². The number of carbonyl (C=O) groups excluding carboxylic acids is 1. The number of hydrogen-bond donors (Lipinski definition) is 1. The lowest BCUT2D eigenvalue weighted by Gasteiger charge is -2.29. The van der Waals surface area contributed by atoms with Gasteiger partial charge in [0, 0.05) is 16.8 Å². The molecule has 1 fully saturated rings. The zero-order valence-corrected chi connectivity index (χ0v) is 13.5. The molecular formula is C13H19N3O2S2. The second-order valence-electron chi connectivity index (χ2n) is 4.53. The number of aromatic nitrogens is 2. The number of rotatable bonds is 3. The Morgan fingerprint density at radius 1 is 1.40 bits per heavy atom. The summed E-state index contributed by atoms with van der Waals surface area (Å²) in [5, 5.41) is 0.739. The molecule has 2 rings (SSSR count). The number of ether oxygens (including phenoxy) is 1. The average Bonchev–Trinajstić information content (AvgIpc) is 2.46. The van der Waals surface area contributed by atoms with Crippen LogP contribution in [0.25, 0.3) is 0 Å². The molecule has 1 saturated heterocycles. The smallest absolute Gasteiger partial charge is 0.343 e. The van der Waals surface area contributed by atoms with Crippen LogP contribution >= 0.6 is 23.5 Å². The van der Waals surface area contributed by atoms with Crippen LogP contribution in [-0.4, -0.2) is 39.8 Å². The molecule has 0 aromatic carbocycles. The molecule has 2 atom stereocenters. The number of esters is 1. The van der Waals surface area contributed by atoms with Gasteiger partial charge in [-0.15, -0.1) is 11.8 Å². The van der Waals surface area contributed by atoms with Crippen LogP contribution in [-0.2, 0) is 4.74 Å². The van der Waals surface area contributed by atoms with Crippen molar-refractivity contribution < 1.29 is 9.53 Å². The summed E-state index contributed by atoms with van der Waals surface area (Å²) < 4.78 is 4.72. The fraction of sp³-hybridized carbons (Fsp3) is 0.615. The Labute approximate surface area is 127 Å². The van der Waals surface area contributed by atoms with E-state index >= 15 is 0 Å². The van der Waals surface area contributed by atoms with Gasteiger partial charge >= 0.3 is 5.97 Å². The van der Waals surface area contributed by atoms with Gasteiger partial charge in [-0.1, -0.05) is 6.92 Å². The number of carbonyl (C=O) groups is 1. The lowest BCUT2D eigenvalue weighted by Crippen LogP contribution is -2.22. The summed E-state index contributed by atoms with van der Waals surface area (Å²) in [4.78, 5) is 20.5. The van der Waals surface area contributed by atoms with Gasteiger partial charge in [0.1, 0.15) is 17.2 Å². The van der Waals surface area contributed by atoms with Crippen LogP contribution in [0.4, 0.5) is 5.82 Å². The van der Waals surface area contributed by atoms with Crippen molar-refractivity contribution in [3.8, 4) is 0 Å². The summed E-state index contributed by atoms with van der Waals surface area (Å²) in [6.07, 6.45) is 1.07. The number of methoxy groups -OCH3 is 1. The van der Waals surface area contributed by atoms with Crippen molar-refractivity contribution >= 4 is 35.3 Å². The SMILES string of the molecule is CCC1SCCSC1c1nc(C)c(C(=O)OC)c(N)n1. The lowest BCUT2D eigenvalue weighted by atomic mass is 10.2. The van der Waals surface area contributed by atoms with Gasteiger partial charge < -0.3 is 10.5 Å². The summed E-state index contributed by atoms with van der Waals surface area (Å²) in [6.45, 7) is 3.95. The Kier molecular flexibility index (Phi) is 5.15. The minimum Gasteiger partial charge on any atom is -0.465 e. The van der Waals surface area contributed by atoms with E-state index in [1.807, 2.05) is 23.5 Å². The van der Waals surface area contributed by atoms with Crippen LogP contribution in [0.2, 0.25) is 0 Å². The normalized spacial score (nSPS) is 22.6. The molecule has 2 heterocycles. The molecule has 1 aromatic heterocycles. The third kappa shape index (κ3) is 3.03. The van der Waals surface area contributed by atoms with Gasteiger partial charge in [0.25, 0.3) is 0 Å². The molecule has 1 aliphatic rings. The molecule has 7 heteroatoms. The Hall–Kier alpha value is -0.950.